The zero-order chi connectivity index (χ0) is 21.0. The van der Waals surface area contributed by atoms with Crippen LogP contribution >= 0.6 is 0 Å². The molecular weight excluding hydrogens is 381 g/mol. The molecule has 2 amide bonds. The lowest BCUT2D eigenvalue weighted by Gasteiger charge is -2.43. The van der Waals surface area contributed by atoms with Crippen LogP contribution in [0.25, 0.3) is 0 Å². The molecular formula is C24H28FN3O2. The quantitative estimate of drug-likeness (QED) is 0.825. The minimum Gasteiger partial charge on any atom is -0.345 e. The summed E-state index contributed by atoms with van der Waals surface area (Å²) in [5.74, 6) is -0.394. The highest BCUT2D eigenvalue weighted by Gasteiger charge is 2.40. The van der Waals surface area contributed by atoms with Crippen LogP contribution in [0, 0.1) is 5.82 Å². The zero-order valence-electron chi connectivity index (χ0n) is 17.1. The van der Waals surface area contributed by atoms with Gasteiger partial charge in [-0.05, 0) is 55.5 Å². The second kappa shape index (κ2) is 8.96. The van der Waals surface area contributed by atoms with E-state index in [0.717, 1.165) is 32.2 Å². The van der Waals surface area contributed by atoms with Gasteiger partial charge in [-0.2, -0.15) is 0 Å². The summed E-state index contributed by atoms with van der Waals surface area (Å²) in [5.41, 5.74) is 1.45. The Morgan fingerprint density at radius 3 is 2.30 bits per heavy atom. The minimum atomic E-state index is -0.348. The number of benzene rings is 2. The Balaban J connectivity index is 1.32. The molecule has 5 nitrogen and oxygen atoms in total. The van der Waals surface area contributed by atoms with Gasteiger partial charge in [0, 0.05) is 31.7 Å². The van der Waals surface area contributed by atoms with Gasteiger partial charge in [-0.3, -0.25) is 14.5 Å². The molecule has 0 spiro atoms. The molecule has 4 rings (SSSR count). The number of nitrogens with one attached hydrogen (secondary N) is 1. The van der Waals surface area contributed by atoms with Gasteiger partial charge in [0.2, 0.25) is 5.91 Å². The van der Waals surface area contributed by atoms with E-state index in [1.807, 2.05) is 18.2 Å². The van der Waals surface area contributed by atoms with Crippen LogP contribution in [0.4, 0.5) is 4.39 Å². The van der Waals surface area contributed by atoms with Crippen molar-refractivity contribution in [3.63, 3.8) is 0 Å². The van der Waals surface area contributed by atoms with Crippen molar-refractivity contribution in [1.29, 1.82) is 0 Å². The molecule has 1 aliphatic carbocycles. The third kappa shape index (κ3) is 4.54. The van der Waals surface area contributed by atoms with Crippen molar-refractivity contribution in [3.8, 4) is 0 Å². The number of hydrogen-bond acceptors (Lipinski definition) is 3. The fourth-order valence-electron chi connectivity index (χ4n) is 4.39. The fraction of sp³-hybridized carbons (Fsp3) is 0.417. The van der Waals surface area contributed by atoms with Crippen LogP contribution in [0.2, 0.25) is 0 Å². The van der Waals surface area contributed by atoms with E-state index in [1.165, 1.54) is 29.8 Å². The van der Waals surface area contributed by atoms with Crippen molar-refractivity contribution >= 4 is 11.8 Å². The second-order valence-electron chi connectivity index (χ2n) is 8.28. The molecule has 2 aliphatic rings. The maximum absolute atomic E-state index is 13.1. The summed E-state index contributed by atoms with van der Waals surface area (Å²) in [6, 6.07) is 15.9. The largest absolute Gasteiger partial charge is 0.345 e. The first-order valence-electron chi connectivity index (χ1n) is 10.7. The lowest BCUT2D eigenvalue weighted by molar-refractivity contribution is -0.125. The van der Waals surface area contributed by atoms with Gasteiger partial charge in [0.25, 0.3) is 5.91 Å². The molecule has 0 bridgehead atoms. The van der Waals surface area contributed by atoms with Crippen LogP contribution in [-0.4, -0.2) is 54.3 Å². The van der Waals surface area contributed by atoms with E-state index in [-0.39, 0.29) is 23.2 Å². The first-order valence-corrected chi connectivity index (χ1v) is 10.7. The Morgan fingerprint density at radius 2 is 1.63 bits per heavy atom. The predicted octanol–water partition coefficient (Wildman–Crippen LogP) is 3.17. The third-order valence-corrected chi connectivity index (χ3v) is 6.25. The van der Waals surface area contributed by atoms with E-state index in [1.54, 1.807) is 4.90 Å². The summed E-state index contributed by atoms with van der Waals surface area (Å²) in [6.07, 6.45) is 3.88. The van der Waals surface area contributed by atoms with E-state index in [4.69, 9.17) is 0 Å². The Morgan fingerprint density at radius 1 is 0.900 bits per heavy atom. The summed E-state index contributed by atoms with van der Waals surface area (Å²) in [6.45, 7) is 2.97. The van der Waals surface area contributed by atoms with Gasteiger partial charge in [0.1, 0.15) is 5.82 Å². The van der Waals surface area contributed by atoms with Gasteiger partial charge >= 0.3 is 0 Å². The van der Waals surface area contributed by atoms with Crippen LogP contribution in [0.5, 0.6) is 0 Å². The number of hydrogen-bond donors (Lipinski definition) is 1. The molecule has 6 heteroatoms. The average molecular weight is 410 g/mol. The van der Waals surface area contributed by atoms with Gasteiger partial charge in [-0.15, -0.1) is 0 Å². The topological polar surface area (TPSA) is 52.7 Å². The molecule has 2 aromatic carbocycles. The fourth-order valence-corrected chi connectivity index (χ4v) is 4.39. The molecule has 1 saturated carbocycles. The zero-order valence-corrected chi connectivity index (χ0v) is 17.1. The Kier molecular flexibility index (Phi) is 6.13. The van der Waals surface area contributed by atoms with E-state index in [0.29, 0.717) is 31.7 Å². The third-order valence-electron chi connectivity index (χ3n) is 6.25. The number of halogens is 1. The van der Waals surface area contributed by atoms with E-state index in [2.05, 4.69) is 22.3 Å². The smallest absolute Gasteiger partial charge is 0.253 e. The molecule has 0 aromatic heterocycles. The normalized spacial score (nSPS) is 18.9. The number of nitrogens with zero attached hydrogens (tertiary/aromatic N) is 2. The van der Waals surface area contributed by atoms with Crippen LogP contribution in [0.3, 0.4) is 0 Å². The molecule has 1 saturated heterocycles. The van der Waals surface area contributed by atoms with E-state index >= 15 is 0 Å². The summed E-state index contributed by atoms with van der Waals surface area (Å²) in [7, 11) is 0. The highest BCUT2D eigenvalue weighted by molar-refractivity contribution is 5.94. The molecule has 2 aromatic rings. The van der Waals surface area contributed by atoms with Gasteiger partial charge in [-0.1, -0.05) is 30.3 Å². The van der Waals surface area contributed by atoms with Crippen LogP contribution < -0.4 is 5.32 Å². The minimum absolute atomic E-state index is 0.0388. The second-order valence-corrected chi connectivity index (χ2v) is 8.28. The molecule has 158 valence electrons. The maximum atomic E-state index is 13.1. The average Bonchev–Trinajstić information content (AvgIpc) is 2.97. The van der Waals surface area contributed by atoms with Crippen molar-refractivity contribution in [2.24, 2.45) is 0 Å². The molecule has 1 aliphatic heterocycles. The van der Waals surface area contributed by atoms with Crippen molar-refractivity contribution in [3.05, 3.63) is 71.5 Å². The Labute approximate surface area is 176 Å². The summed E-state index contributed by atoms with van der Waals surface area (Å²) in [5, 5.41) is 3.28. The first-order chi connectivity index (χ1) is 14.6. The molecule has 0 atom stereocenters. The number of carbonyl (C=O) groups excluding carboxylic acids is 2. The number of amides is 2. The molecule has 1 heterocycles. The number of carbonyl (C=O) groups is 2. The van der Waals surface area contributed by atoms with Crippen molar-refractivity contribution in [2.75, 3.05) is 32.7 Å². The highest BCUT2D eigenvalue weighted by Crippen LogP contribution is 2.41. The number of rotatable bonds is 5. The van der Waals surface area contributed by atoms with Crippen molar-refractivity contribution < 1.29 is 14.0 Å². The monoisotopic (exact) mass is 409 g/mol. The van der Waals surface area contributed by atoms with Gasteiger partial charge in [0.05, 0.1) is 12.1 Å². The lowest BCUT2D eigenvalue weighted by Crippen LogP contribution is -2.53. The summed E-state index contributed by atoms with van der Waals surface area (Å²) < 4.78 is 13.1. The van der Waals surface area contributed by atoms with Crippen molar-refractivity contribution in [2.45, 2.75) is 31.2 Å². The molecule has 0 unspecified atom stereocenters. The van der Waals surface area contributed by atoms with Crippen LogP contribution in [0.15, 0.2) is 54.6 Å². The summed E-state index contributed by atoms with van der Waals surface area (Å²) in [4.78, 5) is 29.4. The van der Waals surface area contributed by atoms with E-state index < -0.39 is 0 Å². The molecule has 0 radical (unpaired) electrons. The van der Waals surface area contributed by atoms with E-state index in [9.17, 15) is 14.0 Å². The molecule has 30 heavy (non-hydrogen) atoms. The Bertz CT molecular complexity index is 881. The first kappa shape index (κ1) is 20.5. The highest BCUT2D eigenvalue weighted by atomic mass is 19.1. The SMILES string of the molecule is O=C(CN1CCCN(C(=O)c2ccc(F)cc2)CC1)NC1(c2ccccc2)CCC1. The predicted molar refractivity (Wildman–Crippen MR) is 113 cm³/mol. The summed E-state index contributed by atoms with van der Waals surface area (Å²) >= 11 is 0. The van der Waals surface area contributed by atoms with Gasteiger partial charge < -0.3 is 10.2 Å². The molecule has 2 fully saturated rings. The maximum Gasteiger partial charge on any atom is 0.253 e. The van der Waals surface area contributed by atoms with Crippen LogP contribution in [-0.2, 0) is 10.3 Å². The lowest BCUT2D eigenvalue weighted by atomic mass is 9.72. The standard InChI is InChI=1S/C24H28FN3O2/c25-21-10-8-19(9-11-21)23(30)28-15-5-14-27(16-17-28)18-22(29)26-24(12-4-13-24)20-6-2-1-3-7-20/h1-3,6-11H,4-5,12-18H2,(H,26,29). The molecule has 1 N–H and O–H groups in total. The van der Waals surface area contributed by atoms with Gasteiger partial charge in [0.15, 0.2) is 0 Å². The Hall–Kier alpha value is -2.73. The van der Waals surface area contributed by atoms with Crippen LogP contribution in [0.1, 0.15) is 41.6 Å². The van der Waals surface area contributed by atoms with Crippen molar-refractivity contribution in [1.82, 2.24) is 15.1 Å². The van der Waals surface area contributed by atoms with Gasteiger partial charge in [-0.25, -0.2) is 4.39 Å².